The van der Waals surface area contributed by atoms with Gasteiger partial charge in [0.25, 0.3) is 0 Å². The minimum absolute atomic E-state index is 0.0905. The van der Waals surface area contributed by atoms with Gasteiger partial charge in [-0.3, -0.25) is 0 Å². The quantitative estimate of drug-likeness (QED) is 0.686. The highest BCUT2D eigenvalue weighted by Gasteiger charge is 2.39. The maximum atomic E-state index is 12.4. The Kier molecular flexibility index (Phi) is 6.45. The molecule has 1 unspecified atom stereocenters. The molecule has 9 heteroatoms. The van der Waals surface area contributed by atoms with Crippen molar-refractivity contribution >= 4 is 22.9 Å². The van der Waals surface area contributed by atoms with Crippen LogP contribution in [0.5, 0.6) is 0 Å². The van der Waals surface area contributed by atoms with Gasteiger partial charge in [0.1, 0.15) is 0 Å². The number of nitrogens with one attached hydrogen (secondary N) is 1. The number of piperazine rings is 1. The van der Waals surface area contributed by atoms with Gasteiger partial charge in [0.05, 0.1) is 30.0 Å². The summed E-state index contributed by atoms with van der Waals surface area (Å²) < 4.78 is 18.6. The molecule has 1 amide bonds. The Morgan fingerprint density at radius 2 is 2.11 bits per heavy atom. The van der Waals surface area contributed by atoms with Crippen LogP contribution in [-0.2, 0) is 14.2 Å². The fraction of sp³-hybridized carbons (Fsp3) is 0.556. The number of piperidine rings is 1. The Balaban J connectivity index is 1.14. The van der Waals surface area contributed by atoms with Crippen LogP contribution in [0.3, 0.4) is 0 Å². The number of aromatic nitrogens is 2. The topological polar surface area (TPSA) is 80.6 Å². The number of hydrogen-bond donors (Lipinski definition) is 1. The Hall–Kier alpha value is -2.88. The van der Waals surface area contributed by atoms with Gasteiger partial charge < -0.3 is 29.3 Å². The smallest absolute Gasteiger partial charge is 0.410 e. The molecule has 0 aromatic carbocycles. The van der Waals surface area contributed by atoms with E-state index in [2.05, 4.69) is 51.9 Å². The number of hydrogen-bond acceptors (Lipinski definition) is 7. The zero-order valence-corrected chi connectivity index (χ0v) is 20.9. The second-order valence-corrected chi connectivity index (χ2v) is 10.2. The minimum atomic E-state index is -0.235. The van der Waals surface area contributed by atoms with E-state index >= 15 is 0 Å². The van der Waals surface area contributed by atoms with E-state index in [1.165, 1.54) is 11.1 Å². The van der Waals surface area contributed by atoms with Crippen LogP contribution in [-0.4, -0.2) is 91.9 Å². The molecule has 4 aliphatic rings. The Morgan fingerprint density at radius 3 is 2.78 bits per heavy atom. The first-order valence-corrected chi connectivity index (χ1v) is 13.1. The lowest BCUT2D eigenvalue weighted by Crippen LogP contribution is -2.51. The highest BCUT2D eigenvalue weighted by molar-refractivity contribution is 5.82. The van der Waals surface area contributed by atoms with E-state index in [-0.39, 0.29) is 17.8 Å². The molecule has 0 radical (unpaired) electrons. The second kappa shape index (κ2) is 9.88. The van der Waals surface area contributed by atoms with E-state index in [0.717, 1.165) is 56.6 Å². The molecule has 0 bridgehead atoms. The number of nitrogens with zero attached hydrogens (tertiary/aromatic N) is 4. The molecule has 9 nitrogen and oxygen atoms in total. The average Bonchev–Trinajstić information content (AvgIpc) is 3.36. The fourth-order valence-electron chi connectivity index (χ4n) is 5.82. The molecule has 0 saturated carbocycles. The van der Waals surface area contributed by atoms with Crippen LogP contribution in [0.1, 0.15) is 24.8 Å². The summed E-state index contributed by atoms with van der Waals surface area (Å²) in [6.07, 6.45) is 13.8. The number of ether oxygens (including phenoxy) is 3. The summed E-state index contributed by atoms with van der Waals surface area (Å²) in [5.41, 5.74) is 4.50. The minimum Gasteiger partial charge on any atom is -0.441 e. The van der Waals surface area contributed by atoms with Crippen molar-refractivity contribution in [1.29, 1.82) is 0 Å². The third-order valence-corrected chi connectivity index (χ3v) is 8.13. The third kappa shape index (κ3) is 4.40. The summed E-state index contributed by atoms with van der Waals surface area (Å²) in [6, 6.07) is 4.29. The van der Waals surface area contributed by atoms with Gasteiger partial charge >= 0.3 is 6.09 Å². The maximum Gasteiger partial charge on any atom is 0.410 e. The first-order valence-electron chi connectivity index (χ1n) is 13.1. The Labute approximate surface area is 211 Å². The molecular formula is C27H35N5O4. The standard InChI is InChI=1S/C27H35N5O4/c1-34-27(8-2-9-28-19-27)22-5-3-20(4-6-22)21-15-25-24(7-10-29-32(25)16-21)30-11-13-31(14-12-30)26(33)36-23-17-35-18-23/h3-5,7,10,15-16,22-23,28H,2,6,8-9,11-14,17-19H2,1H3/t22?,27-/m0/s1. The number of amides is 1. The molecule has 192 valence electrons. The Bertz CT molecular complexity index is 1160. The number of anilines is 1. The number of methoxy groups -OCH3 is 1. The highest BCUT2D eigenvalue weighted by Crippen LogP contribution is 2.37. The zero-order valence-electron chi connectivity index (χ0n) is 20.9. The molecular weight excluding hydrogens is 458 g/mol. The number of fused-ring (bicyclic) bond motifs is 1. The summed E-state index contributed by atoms with van der Waals surface area (Å²) in [5, 5.41) is 8.09. The van der Waals surface area contributed by atoms with E-state index in [0.29, 0.717) is 32.2 Å². The van der Waals surface area contributed by atoms with Crippen molar-refractivity contribution in [3.63, 3.8) is 0 Å². The lowest BCUT2D eigenvalue weighted by molar-refractivity contribution is -0.104. The molecule has 1 aliphatic carbocycles. The van der Waals surface area contributed by atoms with E-state index in [4.69, 9.17) is 14.2 Å². The van der Waals surface area contributed by atoms with Crippen LogP contribution < -0.4 is 10.2 Å². The summed E-state index contributed by atoms with van der Waals surface area (Å²) in [7, 11) is 1.85. The van der Waals surface area contributed by atoms with Gasteiger partial charge in [-0.2, -0.15) is 5.10 Å². The van der Waals surface area contributed by atoms with E-state index in [9.17, 15) is 4.79 Å². The van der Waals surface area contributed by atoms with E-state index in [1.807, 2.05) is 17.8 Å². The number of carbonyl (C=O) groups is 1. The molecule has 2 aromatic rings. The zero-order chi connectivity index (χ0) is 24.5. The molecule has 3 fully saturated rings. The van der Waals surface area contributed by atoms with Crippen molar-refractivity contribution in [2.75, 3.05) is 64.5 Å². The van der Waals surface area contributed by atoms with Gasteiger partial charge in [0, 0.05) is 63.7 Å². The van der Waals surface area contributed by atoms with Crippen LogP contribution in [0.4, 0.5) is 10.5 Å². The van der Waals surface area contributed by atoms with Crippen molar-refractivity contribution in [3.05, 3.63) is 48.3 Å². The summed E-state index contributed by atoms with van der Waals surface area (Å²) in [6.45, 7) is 5.79. The van der Waals surface area contributed by atoms with Crippen molar-refractivity contribution in [1.82, 2.24) is 19.8 Å². The van der Waals surface area contributed by atoms with Crippen molar-refractivity contribution < 1.29 is 19.0 Å². The number of carbonyl (C=O) groups excluding carboxylic acids is 1. The average molecular weight is 494 g/mol. The van der Waals surface area contributed by atoms with Gasteiger partial charge in [0.2, 0.25) is 0 Å². The normalized spacial score (nSPS) is 27.1. The summed E-state index contributed by atoms with van der Waals surface area (Å²) in [4.78, 5) is 16.5. The monoisotopic (exact) mass is 493 g/mol. The number of rotatable bonds is 5. The maximum absolute atomic E-state index is 12.4. The van der Waals surface area contributed by atoms with Crippen molar-refractivity contribution in [2.45, 2.75) is 31.0 Å². The first kappa shape index (κ1) is 23.5. The largest absolute Gasteiger partial charge is 0.441 e. The summed E-state index contributed by atoms with van der Waals surface area (Å²) in [5.74, 6) is 0.379. The van der Waals surface area contributed by atoms with Gasteiger partial charge in [-0.05, 0) is 43.5 Å². The molecule has 5 heterocycles. The predicted molar refractivity (Wildman–Crippen MR) is 137 cm³/mol. The van der Waals surface area contributed by atoms with Crippen molar-refractivity contribution in [2.24, 2.45) is 5.92 Å². The molecule has 3 saturated heterocycles. The van der Waals surface area contributed by atoms with Crippen LogP contribution in [0, 0.1) is 5.92 Å². The van der Waals surface area contributed by atoms with Gasteiger partial charge in [-0.25, -0.2) is 9.31 Å². The van der Waals surface area contributed by atoms with E-state index in [1.54, 1.807) is 4.90 Å². The molecule has 2 atom stereocenters. The van der Waals surface area contributed by atoms with Crippen LogP contribution in [0.25, 0.3) is 11.1 Å². The predicted octanol–water partition coefficient (Wildman–Crippen LogP) is 2.72. The third-order valence-electron chi connectivity index (χ3n) is 8.13. The SMILES string of the molecule is CO[C@@]1(C2C=CC(c3cc4c(N5CCN(C(=O)OC6COC6)CC5)ccnn4c3)=CC2)CCCNC1. The lowest BCUT2D eigenvalue weighted by atomic mass is 9.76. The van der Waals surface area contributed by atoms with Gasteiger partial charge in [-0.15, -0.1) is 0 Å². The van der Waals surface area contributed by atoms with Crippen LogP contribution in [0.15, 0.2) is 42.8 Å². The number of allylic oxidation sites excluding steroid dienone is 3. The molecule has 36 heavy (non-hydrogen) atoms. The molecule has 6 rings (SSSR count). The Morgan fingerprint density at radius 1 is 1.25 bits per heavy atom. The van der Waals surface area contributed by atoms with Gasteiger partial charge in [0.15, 0.2) is 6.10 Å². The molecule has 0 spiro atoms. The summed E-state index contributed by atoms with van der Waals surface area (Å²) >= 11 is 0. The lowest BCUT2D eigenvalue weighted by Gasteiger charge is -2.42. The molecule has 1 N–H and O–H groups in total. The van der Waals surface area contributed by atoms with Crippen LogP contribution in [0.2, 0.25) is 0 Å². The second-order valence-electron chi connectivity index (χ2n) is 10.2. The van der Waals surface area contributed by atoms with Crippen LogP contribution >= 0.6 is 0 Å². The highest BCUT2D eigenvalue weighted by atomic mass is 16.6. The first-order chi connectivity index (χ1) is 17.6. The fourth-order valence-corrected chi connectivity index (χ4v) is 5.82. The molecule has 3 aliphatic heterocycles. The van der Waals surface area contributed by atoms with E-state index < -0.39 is 0 Å². The van der Waals surface area contributed by atoms with Crippen molar-refractivity contribution in [3.8, 4) is 0 Å². The molecule has 2 aromatic heterocycles. The van der Waals surface area contributed by atoms with Gasteiger partial charge in [-0.1, -0.05) is 18.2 Å².